The van der Waals surface area contributed by atoms with Gasteiger partial charge in [0.25, 0.3) is 5.91 Å². The maximum atomic E-state index is 13.7. The number of aliphatic hydroxyl groups excluding tert-OH is 1. The molecule has 43 heavy (non-hydrogen) atoms. The molecule has 0 radical (unpaired) electrons. The summed E-state index contributed by atoms with van der Waals surface area (Å²) in [7, 11) is 1.68. The van der Waals surface area contributed by atoms with E-state index in [1.807, 2.05) is 6.92 Å². The van der Waals surface area contributed by atoms with Gasteiger partial charge in [-0.15, -0.1) is 0 Å². The van der Waals surface area contributed by atoms with Crippen molar-refractivity contribution < 1.29 is 33.7 Å². The fourth-order valence-corrected chi connectivity index (χ4v) is 5.66. The van der Waals surface area contributed by atoms with E-state index in [9.17, 15) is 19.5 Å². The molecule has 5 rings (SSSR count). The van der Waals surface area contributed by atoms with Crippen LogP contribution in [0.5, 0.6) is 17.2 Å². The van der Waals surface area contributed by atoms with E-state index in [1.54, 1.807) is 55.3 Å². The van der Waals surface area contributed by atoms with Gasteiger partial charge in [0.15, 0.2) is 11.5 Å². The average molecular weight is 596 g/mol. The van der Waals surface area contributed by atoms with Crippen molar-refractivity contribution in [2.24, 2.45) is 5.92 Å². The Bertz CT molecular complexity index is 1330. The van der Waals surface area contributed by atoms with Gasteiger partial charge in [0.1, 0.15) is 11.9 Å². The average Bonchev–Trinajstić information content (AvgIpc) is 3.47. The SMILES string of the molecule is C[C@H](CO)N1C[C@H](C)[C@H](CN(C)C(=O)Nc2ccc3c(c2)OCO3)Oc2ccc(NC(=O)NC3CCCCC3)cc2C1=O. The Morgan fingerprint density at radius 2 is 1.72 bits per heavy atom. The first-order chi connectivity index (χ1) is 20.7. The van der Waals surface area contributed by atoms with Crippen molar-refractivity contribution in [3.63, 3.8) is 0 Å². The molecule has 0 spiro atoms. The van der Waals surface area contributed by atoms with Gasteiger partial charge in [0, 0.05) is 43.0 Å². The Morgan fingerprint density at radius 3 is 2.47 bits per heavy atom. The third-order valence-corrected chi connectivity index (χ3v) is 8.29. The van der Waals surface area contributed by atoms with Gasteiger partial charge in [-0.3, -0.25) is 4.79 Å². The monoisotopic (exact) mass is 595 g/mol. The van der Waals surface area contributed by atoms with Crippen molar-refractivity contribution in [3.8, 4) is 17.2 Å². The highest BCUT2D eigenvalue weighted by atomic mass is 16.7. The molecule has 0 bridgehead atoms. The normalized spacial score (nSPS) is 20.7. The van der Waals surface area contributed by atoms with Gasteiger partial charge >= 0.3 is 12.1 Å². The predicted octanol–water partition coefficient (Wildman–Crippen LogP) is 4.25. The number of anilines is 2. The van der Waals surface area contributed by atoms with Crippen LogP contribution in [-0.4, -0.2) is 84.6 Å². The van der Waals surface area contributed by atoms with E-state index in [-0.39, 0.29) is 55.4 Å². The number of urea groups is 2. The number of benzene rings is 2. The van der Waals surface area contributed by atoms with Crippen LogP contribution in [0.25, 0.3) is 0 Å². The second-order valence-corrected chi connectivity index (χ2v) is 11.6. The van der Waals surface area contributed by atoms with Crippen molar-refractivity contribution >= 4 is 29.3 Å². The van der Waals surface area contributed by atoms with E-state index < -0.39 is 12.1 Å². The zero-order valence-electron chi connectivity index (χ0n) is 24.9. The smallest absolute Gasteiger partial charge is 0.321 e. The molecule has 3 aliphatic rings. The number of hydrogen-bond donors (Lipinski definition) is 4. The first kappa shape index (κ1) is 30.3. The van der Waals surface area contributed by atoms with Gasteiger partial charge in [-0.1, -0.05) is 26.2 Å². The molecule has 4 N–H and O–H groups in total. The molecule has 2 heterocycles. The van der Waals surface area contributed by atoms with Crippen LogP contribution in [0.3, 0.4) is 0 Å². The van der Waals surface area contributed by atoms with Crippen LogP contribution < -0.4 is 30.2 Å². The van der Waals surface area contributed by atoms with Crippen molar-refractivity contribution in [1.82, 2.24) is 15.1 Å². The van der Waals surface area contributed by atoms with E-state index >= 15 is 0 Å². The number of hydrogen-bond acceptors (Lipinski definition) is 7. The number of ether oxygens (including phenoxy) is 3. The summed E-state index contributed by atoms with van der Waals surface area (Å²) in [6.07, 6.45) is 4.84. The van der Waals surface area contributed by atoms with Gasteiger partial charge in [-0.2, -0.15) is 0 Å². The fraction of sp³-hybridized carbons (Fsp3) is 0.516. The maximum Gasteiger partial charge on any atom is 0.321 e. The number of carbonyl (C=O) groups is 3. The summed E-state index contributed by atoms with van der Waals surface area (Å²) in [6, 6.07) is 9.22. The lowest BCUT2D eigenvalue weighted by Crippen LogP contribution is -2.50. The number of nitrogens with zero attached hydrogens (tertiary/aromatic N) is 2. The Kier molecular flexibility index (Phi) is 9.44. The fourth-order valence-electron chi connectivity index (χ4n) is 5.66. The van der Waals surface area contributed by atoms with Crippen LogP contribution in [0, 0.1) is 5.92 Å². The van der Waals surface area contributed by atoms with E-state index in [0.717, 1.165) is 25.7 Å². The molecule has 0 saturated heterocycles. The molecule has 0 unspecified atom stereocenters. The highest BCUT2D eigenvalue weighted by Crippen LogP contribution is 2.34. The summed E-state index contributed by atoms with van der Waals surface area (Å²) in [5.74, 6) is 1.07. The van der Waals surface area contributed by atoms with Crippen LogP contribution in [0.4, 0.5) is 21.0 Å². The molecule has 1 fully saturated rings. The van der Waals surface area contributed by atoms with Gasteiger partial charge in [0.2, 0.25) is 6.79 Å². The zero-order chi connectivity index (χ0) is 30.5. The molecule has 3 atom stereocenters. The molecule has 12 nitrogen and oxygen atoms in total. The van der Waals surface area contributed by atoms with Crippen molar-refractivity contribution in [2.45, 2.75) is 64.1 Å². The second-order valence-electron chi connectivity index (χ2n) is 11.6. The molecular weight excluding hydrogens is 554 g/mol. The molecule has 2 aromatic carbocycles. The number of nitrogens with one attached hydrogen (secondary N) is 3. The summed E-state index contributed by atoms with van der Waals surface area (Å²) in [5.41, 5.74) is 1.31. The Balaban J connectivity index is 1.31. The summed E-state index contributed by atoms with van der Waals surface area (Å²) in [5, 5.41) is 18.7. The molecular formula is C31H41N5O7. The minimum Gasteiger partial charge on any atom is -0.487 e. The van der Waals surface area contributed by atoms with E-state index in [4.69, 9.17) is 14.2 Å². The molecule has 1 saturated carbocycles. The lowest BCUT2D eigenvalue weighted by atomic mass is 9.96. The van der Waals surface area contributed by atoms with Gasteiger partial charge < -0.3 is 45.1 Å². The van der Waals surface area contributed by atoms with Crippen LogP contribution >= 0.6 is 0 Å². The van der Waals surface area contributed by atoms with Gasteiger partial charge in [0.05, 0.1) is 24.8 Å². The summed E-state index contributed by atoms with van der Waals surface area (Å²) < 4.78 is 17.1. The molecule has 2 aromatic rings. The summed E-state index contributed by atoms with van der Waals surface area (Å²) >= 11 is 0. The quantitative estimate of drug-likeness (QED) is 0.375. The standard InChI is InChI=1S/C31H41N5O7/c1-19-15-36(20(2)17-37)29(38)24-13-22(33-30(39)32-21-7-5-4-6-8-21)9-11-25(24)43-28(19)16-35(3)31(40)34-23-10-12-26-27(14-23)42-18-41-26/h9-14,19-21,28,37H,4-8,15-18H2,1-3H3,(H,34,40)(H2,32,33,39)/t19-,20+,28-/m0/s1. The minimum absolute atomic E-state index is 0.144. The van der Waals surface area contributed by atoms with Crippen LogP contribution in [0.15, 0.2) is 36.4 Å². The van der Waals surface area contributed by atoms with Gasteiger partial charge in [-0.05, 0) is 50.1 Å². The van der Waals surface area contributed by atoms with E-state index in [1.165, 1.54) is 11.3 Å². The largest absolute Gasteiger partial charge is 0.487 e. The van der Waals surface area contributed by atoms with Crippen molar-refractivity contribution in [2.75, 3.05) is 44.2 Å². The lowest BCUT2D eigenvalue weighted by Gasteiger charge is -2.38. The molecule has 2 aliphatic heterocycles. The van der Waals surface area contributed by atoms with Crippen molar-refractivity contribution in [3.05, 3.63) is 42.0 Å². The number of carbonyl (C=O) groups excluding carboxylic acids is 3. The molecule has 12 heteroatoms. The number of aliphatic hydroxyl groups is 1. The number of rotatable bonds is 7. The predicted molar refractivity (Wildman–Crippen MR) is 161 cm³/mol. The second kappa shape index (κ2) is 13.4. The Hall–Kier alpha value is -4.19. The lowest BCUT2D eigenvalue weighted by molar-refractivity contribution is 0.0371. The Morgan fingerprint density at radius 1 is 1.02 bits per heavy atom. The third-order valence-electron chi connectivity index (χ3n) is 8.29. The Labute approximate surface area is 251 Å². The topological polar surface area (TPSA) is 142 Å². The number of fused-ring (bicyclic) bond motifs is 2. The van der Waals surface area contributed by atoms with Crippen LogP contribution in [-0.2, 0) is 0 Å². The van der Waals surface area contributed by atoms with E-state index in [2.05, 4.69) is 16.0 Å². The van der Waals surface area contributed by atoms with Gasteiger partial charge in [-0.25, -0.2) is 9.59 Å². The summed E-state index contributed by atoms with van der Waals surface area (Å²) in [6.45, 7) is 4.21. The molecule has 1 aliphatic carbocycles. The highest BCUT2D eigenvalue weighted by Gasteiger charge is 2.34. The first-order valence-corrected chi connectivity index (χ1v) is 14.9. The first-order valence-electron chi connectivity index (χ1n) is 14.9. The maximum absolute atomic E-state index is 13.7. The van der Waals surface area contributed by atoms with E-state index in [0.29, 0.717) is 35.2 Å². The number of amides is 5. The highest BCUT2D eigenvalue weighted by molar-refractivity contribution is 5.99. The van der Waals surface area contributed by atoms with Crippen molar-refractivity contribution in [1.29, 1.82) is 0 Å². The third kappa shape index (κ3) is 7.24. The molecule has 232 valence electrons. The minimum atomic E-state index is -0.471. The number of likely N-dealkylation sites (N-methyl/N-ethyl adjacent to an activating group) is 1. The van der Waals surface area contributed by atoms with Crippen LogP contribution in [0.2, 0.25) is 0 Å². The zero-order valence-corrected chi connectivity index (χ0v) is 24.9. The molecule has 0 aromatic heterocycles. The van der Waals surface area contributed by atoms with Crippen LogP contribution in [0.1, 0.15) is 56.3 Å². The molecule has 5 amide bonds. The summed E-state index contributed by atoms with van der Waals surface area (Å²) in [4.78, 5) is 42.7.